The highest BCUT2D eigenvalue weighted by atomic mass is 32.2. The zero-order valence-corrected chi connectivity index (χ0v) is 18.9. The number of nitrogens with two attached hydrogens (primary N) is 1. The normalized spacial score (nSPS) is 15.7. The van der Waals surface area contributed by atoms with Crippen molar-refractivity contribution in [3.63, 3.8) is 0 Å². The summed E-state index contributed by atoms with van der Waals surface area (Å²) in [5, 5.41) is 7.91. The molecule has 1 aliphatic heterocycles. The molecule has 1 unspecified atom stereocenters. The van der Waals surface area contributed by atoms with Crippen LogP contribution in [0.5, 0.6) is 5.75 Å². The van der Waals surface area contributed by atoms with Crippen LogP contribution in [-0.4, -0.2) is 56.1 Å². The van der Waals surface area contributed by atoms with E-state index in [1.54, 1.807) is 18.2 Å². The Morgan fingerprint density at radius 1 is 1.21 bits per heavy atom. The molecule has 0 aliphatic carbocycles. The number of ether oxygens (including phenoxy) is 1. The highest BCUT2D eigenvalue weighted by molar-refractivity contribution is 7.87. The molecule has 1 fully saturated rings. The maximum Gasteiger partial charge on any atom is 0.339 e. The number of carbonyl (C=O) groups excluding carboxylic acids is 2. The first-order valence-electron chi connectivity index (χ1n) is 10.5. The van der Waals surface area contributed by atoms with Gasteiger partial charge in [0.25, 0.3) is 0 Å². The number of nitrogens with zero attached hydrogens (tertiary/aromatic N) is 1. The fourth-order valence-electron chi connectivity index (χ4n) is 3.37. The molecule has 2 heterocycles. The number of aromatic nitrogens is 2. The van der Waals surface area contributed by atoms with E-state index in [9.17, 15) is 18.0 Å². The molecule has 3 aromatic rings. The monoisotopic (exact) mass is 488 g/mol. The van der Waals surface area contributed by atoms with Crippen molar-refractivity contribution in [1.82, 2.24) is 15.3 Å². The Morgan fingerprint density at radius 2 is 2.00 bits per heavy atom. The minimum atomic E-state index is -4.07. The number of benzene rings is 2. The molecule has 4 rings (SSSR count). The number of hydrogen-bond acceptors (Lipinski definition) is 8. The largest absolute Gasteiger partial charge is 0.382 e. The second-order valence-corrected chi connectivity index (χ2v) is 9.16. The number of imidazole rings is 1. The predicted molar refractivity (Wildman–Crippen MR) is 124 cm³/mol. The Bertz CT molecular complexity index is 1280. The molecule has 180 valence electrons. The molecular formula is C21H24N6O6S. The van der Waals surface area contributed by atoms with E-state index in [1.807, 2.05) is 0 Å². The van der Waals surface area contributed by atoms with Crippen molar-refractivity contribution in [3.05, 3.63) is 42.5 Å². The van der Waals surface area contributed by atoms with Gasteiger partial charge in [0.15, 0.2) is 0 Å². The summed E-state index contributed by atoms with van der Waals surface area (Å²) in [5.41, 5.74) is 6.66. The summed E-state index contributed by atoms with van der Waals surface area (Å²) in [7, 11) is -4.07. The van der Waals surface area contributed by atoms with Crippen LogP contribution >= 0.6 is 0 Å². The average Bonchev–Trinajstić information content (AvgIpc) is 3.45. The third-order valence-corrected chi connectivity index (χ3v) is 6.28. The molecule has 1 saturated heterocycles. The van der Waals surface area contributed by atoms with Crippen molar-refractivity contribution in [2.75, 3.05) is 30.3 Å². The van der Waals surface area contributed by atoms with Crippen LogP contribution in [0, 0.1) is 0 Å². The summed E-state index contributed by atoms with van der Waals surface area (Å²) in [4.78, 5) is 29.5. The number of hydrogen-bond donors (Lipinski definition) is 5. The molecule has 12 nitrogen and oxygen atoms in total. The van der Waals surface area contributed by atoms with E-state index >= 15 is 0 Å². The number of fused-ring (bicyclic) bond motifs is 1. The van der Waals surface area contributed by atoms with Gasteiger partial charge in [-0.3, -0.25) is 10.1 Å². The van der Waals surface area contributed by atoms with Crippen molar-refractivity contribution in [2.24, 2.45) is 5.73 Å². The van der Waals surface area contributed by atoms with Crippen LogP contribution in [0.4, 0.5) is 16.4 Å². The second-order valence-electron chi connectivity index (χ2n) is 7.62. The second kappa shape index (κ2) is 9.97. The summed E-state index contributed by atoms with van der Waals surface area (Å²) in [6.07, 6.45) is 2.23. The molecule has 0 saturated carbocycles. The minimum Gasteiger partial charge on any atom is -0.382 e. The molecule has 1 atom stereocenters. The molecule has 0 spiro atoms. The zero-order chi connectivity index (χ0) is 24.1. The Kier molecular flexibility index (Phi) is 6.84. The fourth-order valence-corrected chi connectivity index (χ4v) is 4.29. The Hall–Kier alpha value is -3.84. The van der Waals surface area contributed by atoms with Crippen molar-refractivity contribution in [3.8, 4) is 5.75 Å². The number of urea groups is 1. The summed E-state index contributed by atoms with van der Waals surface area (Å²) in [6, 6.07) is 10.0. The van der Waals surface area contributed by atoms with E-state index in [-0.39, 0.29) is 29.2 Å². The fraction of sp³-hybridized carbons (Fsp3) is 0.286. The van der Waals surface area contributed by atoms with Gasteiger partial charge < -0.3 is 30.3 Å². The van der Waals surface area contributed by atoms with E-state index < -0.39 is 22.1 Å². The smallest absolute Gasteiger partial charge is 0.339 e. The third-order valence-electron chi connectivity index (χ3n) is 5.02. The maximum absolute atomic E-state index is 12.7. The minimum absolute atomic E-state index is 0.00773. The van der Waals surface area contributed by atoms with Crippen LogP contribution < -0.4 is 25.9 Å². The first-order valence-corrected chi connectivity index (χ1v) is 11.9. The SMILES string of the molecule is NC(=O)CNC(=O)Nc1nc2ccc(OS(=O)(=O)c3ccc(NCC4CCCO4)cc3)cc2[nH]1. The molecule has 0 radical (unpaired) electrons. The lowest BCUT2D eigenvalue weighted by molar-refractivity contribution is -0.117. The highest BCUT2D eigenvalue weighted by Gasteiger charge is 2.18. The third kappa shape index (κ3) is 5.94. The lowest BCUT2D eigenvalue weighted by Gasteiger charge is -2.12. The molecule has 3 amide bonds. The quantitative estimate of drug-likeness (QED) is 0.281. The predicted octanol–water partition coefficient (Wildman–Crippen LogP) is 1.53. The molecule has 34 heavy (non-hydrogen) atoms. The Morgan fingerprint density at radius 3 is 2.71 bits per heavy atom. The zero-order valence-electron chi connectivity index (χ0n) is 18.0. The van der Waals surface area contributed by atoms with Crippen molar-refractivity contribution >= 4 is 44.7 Å². The lowest BCUT2D eigenvalue weighted by Crippen LogP contribution is -2.36. The molecule has 0 bridgehead atoms. The van der Waals surface area contributed by atoms with Gasteiger partial charge in [-0.2, -0.15) is 8.42 Å². The van der Waals surface area contributed by atoms with Crippen molar-refractivity contribution in [1.29, 1.82) is 0 Å². The van der Waals surface area contributed by atoms with Crippen LogP contribution in [0.15, 0.2) is 47.4 Å². The van der Waals surface area contributed by atoms with E-state index in [0.29, 0.717) is 17.6 Å². The summed E-state index contributed by atoms with van der Waals surface area (Å²) < 4.78 is 36.2. The van der Waals surface area contributed by atoms with E-state index in [1.165, 1.54) is 24.3 Å². The molecule has 13 heteroatoms. The number of carbonyl (C=O) groups is 2. The highest BCUT2D eigenvalue weighted by Crippen LogP contribution is 2.25. The molecule has 2 aromatic carbocycles. The average molecular weight is 489 g/mol. The van der Waals surface area contributed by atoms with E-state index in [2.05, 4.69) is 25.9 Å². The van der Waals surface area contributed by atoms with Gasteiger partial charge in [-0.1, -0.05) is 0 Å². The molecular weight excluding hydrogens is 464 g/mol. The van der Waals surface area contributed by atoms with Crippen LogP contribution in [0.1, 0.15) is 12.8 Å². The standard InChI is InChI=1S/C21H24N6O6S/c22-19(28)12-24-21(29)27-20-25-17-8-5-14(10-18(17)26-20)33-34(30,31)16-6-3-13(4-7-16)23-11-15-2-1-9-32-15/h3-8,10,15,23H,1-2,9,11-12H2,(H2,22,28)(H3,24,25,26,27,29). The van der Waals surface area contributed by atoms with Crippen molar-refractivity contribution in [2.45, 2.75) is 23.8 Å². The first-order chi connectivity index (χ1) is 16.3. The van der Waals surface area contributed by atoms with Gasteiger partial charge in [-0.25, -0.2) is 9.78 Å². The van der Waals surface area contributed by atoms with Gasteiger partial charge in [0.1, 0.15) is 10.6 Å². The topological polar surface area (TPSA) is 178 Å². The van der Waals surface area contributed by atoms with Crippen LogP contribution in [0.3, 0.4) is 0 Å². The Labute approximate surface area is 195 Å². The number of amides is 3. The van der Waals surface area contributed by atoms with E-state index in [4.69, 9.17) is 14.7 Å². The van der Waals surface area contributed by atoms with Gasteiger partial charge in [0.2, 0.25) is 11.9 Å². The number of rotatable bonds is 9. The van der Waals surface area contributed by atoms with Crippen LogP contribution in [0.2, 0.25) is 0 Å². The van der Waals surface area contributed by atoms with Gasteiger partial charge in [0, 0.05) is 24.9 Å². The maximum atomic E-state index is 12.7. The van der Waals surface area contributed by atoms with Crippen LogP contribution in [-0.2, 0) is 19.6 Å². The number of nitrogens with one attached hydrogen (secondary N) is 4. The van der Waals surface area contributed by atoms with Gasteiger partial charge in [-0.05, 0) is 49.2 Å². The van der Waals surface area contributed by atoms with Gasteiger partial charge in [-0.15, -0.1) is 0 Å². The molecule has 6 N–H and O–H groups in total. The number of aromatic amines is 1. The summed E-state index contributed by atoms with van der Waals surface area (Å²) in [5.74, 6) is -0.517. The summed E-state index contributed by atoms with van der Waals surface area (Å²) >= 11 is 0. The van der Waals surface area contributed by atoms with E-state index in [0.717, 1.165) is 25.1 Å². The van der Waals surface area contributed by atoms with Gasteiger partial charge in [0.05, 0.1) is 23.7 Å². The number of H-pyrrole nitrogens is 1. The lowest BCUT2D eigenvalue weighted by atomic mass is 10.2. The Balaban J connectivity index is 1.39. The van der Waals surface area contributed by atoms with Crippen molar-refractivity contribution < 1.29 is 26.9 Å². The molecule has 1 aliphatic rings. The number of anilines is 2. The van der Waals surface area contributed by atoms with Crippen LogP contribution in [0.25, 0.3) is 11.0 Å². The number of primary amides is 1. The summed E-state index contributed by atoms with van der Waals surface area (Å²) in [6.45, 7) is 1.11. The molecule has 1 aromatic heterocycles. The first kappa shape index (κ1) is 23.3. The van der Waals surface area contributed by atoms with Gasteiger partial charge >= 0.3 is 16.1 Å².